The van der Waals surface area contributed by atoms with E-state index in [-0.39, 0.29) is 35.7 Å². The van der Waals surface area contributed by atoms with Crippen LogP contribution in [-0.2, 0) is 9.53 Å². The number of nitrogens with zero attached hydrogens (tertiary/aromatic N) is 1. The number of nitrogens with one attached hydrogen (secondary N) is 1. The molecule has 2 aromatic carbocycles. The zero-order valence-corrected chi connectivity index (χ0v) is 19.3. The number of ether oxygens (including phenoxy) is 2. The number of amides is 2. The predicted molar refractivity (Wildman–Crippen MR) is 122 cm³/mol. The average Bonchev–Trinajstić information content (AvgIpc) is 3.19. The first-order chi connectivity index (χ1) is 15.7. The fraction of sp³-hybridized carbons (Fsp3) is 0.462. The summed E-state index contributed by atoms with van der Waals surface area (Å²) in [6, 6.07) is 15.8. The van der Waals surface area contributed by atoms with E-state index in [0.717, 1.165) is 5.56 Å². The van der Waals surface area contributed by atoms with Crippen molar-refractivity contribution >= 4 is 12.0 Å². The minimum Gasteiger partial charge on any atom is -0.490 e. The number of carbonyl (C=O) groups is 2. The van der Waals surface area contributed by atoms with Crippen LogP contribution in [-0.4, -0.2) is 47.7 Å². The maximum atomic E-state index is 13.2. The van der Waals surface area contributed by atoms with Gasteiger partial charge in [-0.3, -0.25) is 4.79 Å². The standard InChI is InChI=1S/C26H31FN2O4/c1-26(2,3)33-25(31)29-15-22(17-7-5-4-6-8-17)23(16-29)24(30)28-19-13-21(14-19)32-20-11-9-18(27)10-12-20/h4-12,19,21-23H,13-16H2,1-3H3,(H,28,30)/t19-,21-,22-,23+/m0/s1. The average molecular weight is 455 g/mol. The summed E-state index contributed by atoms with van der Waals surface area (Å²) in [7, 11) is 0. The van der Waals surface area contributed by atoms with Crippen molar-refractivity contribution in [2.45, 2.75) is 57.3 Å². The molecule has 0 radical (unpaired) electrons. The van der Waals surface area contributed by atoms with Crippen LogP contribution in [0.15, 0.2) is 54.6 Å². The SMILES string of the molecule is CC(C)(C)OC(=O)N1C[C@@H](C(=O)N[C@H]2C[C@H](Oc3ccc(F)cc3)C2)[C@H](c2ccccc2)C1. The molecule has 1 saturated heterocycles. The monoisotopic (exact) mass is 454 g/mol. The lowest BCUT2D eigenvalue weighted by Crippen LogP contribution is -2.51. The number of halogens is 1. The second kappa shape index (κ2) is 9.41. The molecule has 7 heteroatoms. The molecule has 0 bridgehead atoms. The Bertz CT molecular complexity index is 968. The zero-order valence-electron chi connectivity index (χ0n) is 19.3. The van der Waals surface area contributed by atoms with E-state index in [1.807, 2.05) is 51.1 Å². The third-order valence-corrected chi connectivity index (χ3v) is 6.09. The van der Waals surface area contributed by atoms with Gasteiger partial charge in [-0.05, 0) is 50.6 Å². The molecular weight excluding hydrogens is 423 g/mol. The highest BCUT2D eigenvalue weighted by Crippen LogP contribution is 2.35. The van der Waals surface area contributed by atoms with E-state index in [0.29, 0.717) is 31.7 Å². The molecular formula is C26H31FN2O4. The molecule has 2 amide bonds. The van der Waals surface area contributed by atoms with Gasteiger partial charge in [-0.25, -0.2) is 9.18 Å². The van der Waals surface area contributed by atoms with Crippen LogP contribution in [0.25, 0.3) is 0 Å². The molecule has 1 aliphatic heterocycles. The van der Waals surface area contributed by atoms with Crippen LogP contribution in [0.4, 0.5) is 9.18 Å². The molecule has 6 nitrogen and oxygen atoms in total. The third-order valence-electron chi connectivity index (χ3n) is 6.09. The second-order valence-electron chi connectivity index (χ2n) is 9.88. The maximum absolute atomic E-state index is 13.2. The summed E-state index contributed by atoms with van der Waals surface area (Å²) < 4.78 is 24.4. The quantitative estimate of drug-likeness (QED) is 0.722. The van der Waals surface area contributed by atoms with Gasteiger partial charge in [-0.15, -0.1) is 0 Å². The first kappa shape index (κ1) is 23.1. The Hall–Kier alpha value is -3.09. The lowest BCUT2D eigenvalue weighted by atomic mass is 9.85. The van der Waals surface area contributed by atoms with Crippen molar-refractivity contribution in [2.75, 3.05) is 13.1 Å². The van der Waals surface area contributed by atoms with Crippen LogP contribution >= 0.6 is 0 Å². The Kier molecular flexibility index (Phi) is 6.58. The zero-order chi connectivity index (χ0) is 23.6. The number of carbonyl (C=O) groups excluding carboxylic acids is 2. The molecule has 1 heterocycles. The summed E-state index contributed by atoms with van der Waals surface area (Å²) in [5.41, 5.74) is 0.445. The van der Waals surface area contributed by atoms with E-state index in [1.165, 1.54) is 12.1 Å². The van der Waals surface area contributed by atoms with Crippen molar-refractivity contribution in [3.63, 3.8) is 0 Å². The number of benzene rings is 2. The van der Waals surface area contributed by atoms with E-state index < -0.39 is 11.7 Å². The molecule has 1 N–H and O–H groups in total. The largest absolute Gasteiger partial charge is 0.490 e. The van der Waals surface area contributed by atoms with Crippen LogP contribution < -0.4 is 10.1 Å². The summed E-state index contributed by atoms with van der Waals surface area (Å²) in [6.45, 7) is 6.27. The fourth-order valence-electron chi connectivity index (χ4n) is 4.38. The predicted octanol–water partition coefficient (Wildman–Crippen LogP) is 4.50. The number of rotatable bonds is 5. The Balaban J connectivity index is 1.36. The van der Waals surface area contributed by atoms with Crippen molar-refractivity contribution in [1.82, 2.24) is 10.2 Å². The van der Waals surface area contributed by atoms with Gasteiger partial charge in [0.2, 0.25) is 5.91 Å². The first-order valence-corrected chi connectivity index (χ1v) is 11.4. The van der Waals surface area contributed by atoms with Gasteiger partial charge in [0.05, 0.1) is 5.92 Å². The highest BCUT2D eigenvalue weighted by Gasteiger charge is 2.43. The molecule has 0 spiro atoms. The van der Waals surface area contributed by atoms with E-state index in [2.05, 4.69) is 5.32 Å². The molecule has 1 aliphatic carbocycles. The molecule has 4 rings (SSSR count). The third kappa shape index (κ3) is 5.83. The topological polar surface area (TPSA) is 67.9 Å². The number of hydrogen-bond donors (Lipinski definition) is 1. The molecule has 176 valence electrons. The molecule has 33 heavy (non-hydrogen) atoms. The van der Waals surface area contributed by atoms with Crippen molar-refractivity contribution in [3.8, 4) is 5.75 Å². The highest BCUT2D eigenvalue weighted by atomic mass is 19.1. The van der Waals surface area contributed by atoms with Crippen LogP contribution in [0.3, 0.4) is 0 Å². The van der Waals surface area contributed by atoms with Gasteiger partial charge < -0.3 is 19.7 Å². The van der Waals surface area contributed by atoms with Crippen LogP contribution in [0, 0.1) is 11.7 Å². The van der Waals surface area contributed by atoms with Crippen LogP contribution in [0.2, 0.25) is 0 Å². The molecule has 1 saturated carbocycles. The van der Waals surface area contributed by atoms with E-state index in [1.54, 1.807) is 17.0 Å². The summed E-state index contributed by atoms with van der Waals surface area (Å²) in [5, 5.41) is 3.13. The van der Waals surface area contributed by atoms with Crippen molar-refractivity contribution in [3.05, 3.63) is 66.0 Å². The molecule has 0 aromatic heterocycles. The van der Waals surface area contributed by atoms with Gasteiger partial charge in [0.15, 0.2) is 0 Å². The van der Waals surface area contributed by atoms with E-state index >= 15 is 0 Å². The summed E-state index contributed by atoms with van der Waals surface area (Å²) in [4.78, 5) is 27.5. The Morgan fingerprint density at radius 2 is 1.67 bits per heavy atom. The summed E-state index contributed by atoms with van der Waals surface area (Å²) in [5.74, 6) is -0.174. The molecule has 2 atom stereocenters. The smallest absolute Gasteiger partial charge is 0.410 e. The first-order valence-electron chi connectivity index (χ1n) is 11.4. The van der Waals surface area contributed by atoms with Gasteiger partial charge in [0, 0.05) is 37.9 Å². The van der Waals surface area contributed by atoms with Crippen LogP contribution in [0.5, 0.6) is 5.75 Å². The second-order valence-corrected chi connectivity index (χ2v) is 9.88. The summed E-state index contributed by atoms with van der Waals surface area (Å²) in [6.07, 6.45) is 0.992. The Labute approximate surface area is 194 Å². The summed E-state index contributed by atoms with van der Waals surface area (Å²) >= 11 is 0. The minimum absolute atomic E-state index is 0.00692. The van der Waals surface area contributed by atoms with Gasteiger partial charge in [-0.2, -0.15) is 0 Å². The van der Waals surface area contributed by atoms with E-state index in [4.69, 9.17) is 9.47 Å². The molecule has 2 aliphatic rings. The minimum atomic E-state index is -0.592. The highest BCUT2D eigenvalue weighted by molar-refractivity contribution is 5.82. The Morgan fingerprint density at radius 1 is 1.00 bits per heavy atom. The molecule has 2 fully saturated rings. The van der Waals surface area contributed by atoms with Crippen molar-refractivity contribution in [1.29, 1.82) is 0 Å². The fourth-order valence-corrected chi connectivity index (χ4v) is 4.38. The van der Waals surface area contributed by atoms with Gasteiger partial charge in [-0.1, -0.05) is 30.3 Å². The number of likely N-dealkylation sites (tertiary alicyclic amines) is 1. The maximum Gasteiger partial charge on any atom is 0.410 e. The van der Waals surface area contributed by atoms with Gasteiger partial charge in [0.1, 0.15) is 23.3 Å². The lowest BCUT2D eigenvalue weighted by molar-refractivity contribution is -0.126. The Morgan fingerprint density at radius 3 is 2.30 bits per heavy atom. The number of hydrogen-bond acceptors (Lipinski definition) is 4. The normalized spacial score (nSPS) is 24.7. The van der Waals surface area contributed by atoms with Gasteiger partial charge >= 0.3 is 6.09 Å². The molecule has 2 aromatic rings. The van der Waals surface area contributed by atoms with Gasteiger partial charge in [0.25, 0.3) is 0 Å². The van der Waals surface area contributed by atoms with Crippen molar-refractivity contribution < 1.29 is 23.5 Å². The molecule has 0 unspecified atom stereocenters. The van der Waals surface area contributed by atoms with Crippen LogP contribution in [0.1, 0.15) is 45.1 Å². The lowest BCUT2D eigenvalue weighted by Gasteiger charge is -2.36. The van der Waals surface area contributed by atoms with Crippen molar-refractivity contribution in [2.24, 2.45) is 5.92 Å². The van der Waals surface area contributed by atoms with E-state index in [9.17, 15) is 14.0 Å².